The maximum absolute atomic E-state index is 13.0. The predicted molar refractivity (Wildman–Crippen MR) is 125 cm³/mol. The summed E-state index contributed by atoms with van der Waals surface area (Å²) in [7, 11) is 0. The lowest BCUT2D eigenvalue weighted by atomic mass is 9.88. The number of amides is 1. The molecule has 0 saturated heterocycles. The summed E-state index contributed by atoms with van der Waals surface area (Å²) in [5.74, 6) is -0.0290. The highest BCUT2D eigenvalue weighted by molar-refractivity contribution is 7.22. The van der Waals surface area contributed by atoms with Crippen LogP contribution in [0.15, 0.2) is 97.1 Å². The van der Waals surface area contributed by atoms with Crippen molar-refractivity contribution in [3.05, 3.63) is 108 Å². The molecule has 0 aliphatic rings. The first-order valence-corrected chi connectivity index (χ1v) is 10.8. The molecule has 1 heterocycles. The van der Waals surface area contributed by atoms with Crippen molar-refractivity contribution in [3.8, 4) is 0 Å². The van der Waals surface area contributed by atoms with Crippen LogP contribution in [0.25, 0.3) is 21.0 Å². The third-order valence-electron chi connectivity index (χ3n) is 5.32. The zero-order valence-electron chi connectivity index (χ0n) is 16.3. The second-order valence-corrected chi connectivity index (χ2v) is 8.31. The molecule has 0 aliphatic heterocycles. The molecule has 5 aromatic rings. The Bertz CT molecular complexity index is 1270. The van der Waals surface area contributed by atoms with Crippen molar-refractivity contribution >= 4 is 43.4 Å². The Morgan fingerprint density at radius 2 is 1.43 bits per heavy atom. The fourth-order valence-electron chi connectivity index (χ4n) is 3.87. The van der Waals surface area contributed by atoms with E-state index in [1.165, 1.54) is 11.3 Å². The number of hydrogen-bond acceptors (Lipinski definition) is 3. The molecule has 0 spiro atoms. The van der Waals surface area contributed by atoms with Gasteiger partial charge in [0.25, 0.3) is 0 Å². The van der Waals surface area contributed by atoms with Gasteiger partial charge in [-0.2, -0.15) is 0 Å². The third-order valence-corrected chi connectivity index (χ3v) is 6.26. The molecule has 5 rings (SSSR count). The zero-order valence-corrected chi connectivity index (χ0v) is 17.1. The molecule has 3 nitrogen and oxygen atoms in total. The minimum atomic E-state index is -0.0314. The summed E-state index contributed by atoms with van der Waals surface area (Å²) in [6.07, 6.45) is 0.366. The first-order valence-electron chi connectivity index (χ1n) is 9.96. The molecule has 1 amide bonds. The van der Waals surface area contributed by atoms with Gasteiger partial charge in [0.1, 0.15) is 0 Å². The van der Waals surface area contributed by atoms with Gasteiger partial charge in [-0.05, 0) is 22.6 Å². The monoisotopic (exact) mass is 408 g/mol. The van der Waals surface area contributed by atoms with Crippen LogP contribution in [0.3, 0.4) is 0 Å². The van der Waals surface area contributed by atoms with Crippen LogP contribution in [0.1, 0.15) is 23.5 Å². The summed E-state index contributed by atoms with van der Waals surface area (Å²) in [4.78, 5) is 17.7. The van der Waals surface area contributed by atoms with Gasteiger partial charge in [0.15, 0.2) is 5.13 Å². The van der Waals surface area contributed by atoms with Crippen molar-refractivity contribution in [2.75, 3.05) is 5.32 Å². The standard InChI is InChI=1S/C26H20N2OS/c29-24(17-22(18-9-3-1-4-10-18)19-11-5-2-6-12-19)27-26-28-25-21-14-8-7-13-20(21)15-16-23(25)30-26/h1-16,22H,17H2,(H,27,28,29). The number of hydrogen-bond donors (Lipinski definition) is 1. The summed E-state index contributed by atoms with van der Waals surface area (Å²) >= 11 is 1.52. The number of fused-ring (bicyclic) bond motifs is 3. The van der Waals surface area contributed by atoms with Crippen LogP contribution in [0, 0.1) is 0 Å². The van der Waals surface area contributed by atoms with E-state index in [0.29, 0.717) is 11.6 Å². The Morgan fingerprint density at radius 3 is 2.13 bits per heavy atom. The normalized spacial score (nSPS) is 11.2. The minimum Gasteiger partial charge on any atom is -0.302 e. The second kappa shape index (κ2) is 8.09. The summed E-state index contributed by atoms with van der Waals surface area (Å²) < 4.78 is 1.08. The Kier molecular flexibility index (Phi) is 4.99. The van der Waals surface area contributed by atoms with Crippen molar-refractivity contribution in [2.24, 2.45) is 0 Å². The predicted octanol–water partition coefficient (Wildman–Crippen LogP) is 6.61. The number of thiazole rings is 1. The Labute approximate surface area is 179 Å². The number of anilines is 1. The molecule has 4 aromatic carbocycles. The Hall–Kier alpha value is -3.50. The summed E-state index contributed by atoms with van der Waals surface area (Å²) in [6.45, 7) is 0. The number of nitrogens with one attached hydrogen (secondary N) is 1. The van der Waals surface area contributed by atoms with E-state index in [2.05, 4.69) is 53.8 Å². The molecule has 0 unspecified atom stereocenters. The van der Waals surface area contributed by atoms with Crippen molar-refractivity contribution in [1.29, 1.82) is 0 Å². The van der Waals surface area contributed by atoms with E-state index in [4.69, 9.17) is 4.98 Å². The van der Waals surface area contributed by atoms with Gasteiger partial charge in [0, 0.05) is 17.7 Å². The third kappa shape index (κ3) is 3.70. The van der Waals surface area contributed by atoms with Crippen LogP contribution in [0.4, 0.5) is 5.13 Å². The lowest BCUT2D eigenvalue weighted by Gasteiger charge is -2.17. The van der Waals surface area contributed by atoms with Gasteiger partial charge in [-0.25, -0.2) is 4.98 Å². The van der Waals surface area contributed by atoms with Gasteiger partial charge in [0.2, 0.25) is 5.91 Å². The molecule has 0 aliphatic carbocycles. The molecule has 0 saturated carbocycles. The van der Waals surface area contributed by atoms with Crippen molar-refractivity contribution in [3.63, 3.8) is 0 Å². The van der Waals surface area contributed by atoms with Crippen LogP contribution in [0.2, 0.25) is 0 Å². The Balaban J connectivity index is 1.42. The van der Waals surface area contributed by atoms with E-state index in [0.717, 1.165) is 32.1 Å². The van der Waals surface area contributed by atoms with Crippen LogP contribution < -0.4 is 5.32 Å². The zero-order chi connectivity index (χ0) is 20.3. The van der Waals surface area contributed by atoms with Crippen molar-refractivity contribution < 1.29 is 4.79 Å². The highest BCUT2D eigenvalue weighted by Gasteiger charge is 2.19. The molecule has 1 N–H and O–H groups in total. The van der Waals surface area contributed by atoms with Crippen LogP contribution >= 0.6 is 11.3 Å². The quantitative estimate of drug-likeness (QED) is 0.355. The summed E-state index contributed by atoms with van der Waals surface area (Å²) in [6, 6.07) is 32.7. The molecule has 0 radical (unpaired) electrons. The molecule has 0 bridgehead atoms. The highest BCUT2D eigenvalue weighted by atomic mass is 32.1. The fourth-order valence-corrected chi connectivity index (χ4v) is 4.77. The van der Waals surface area contributed by atoms with Gasteiger partial charge >= 0.3 is 0 Å². The molecule has 0 atom stereocenters. The summed E-state index contributed by atoms with van der Waals surface area (Å²) in [5.41, 5.74) is 3.21. The number of carbonyl (C=O) groups is 1. The van der Waals surface area contributed by atoms with Crippen molar-refractivity contribution in [2.45, 2.75) is 12.3 Å². The average molecular weight is 409 g/mol. The van der Waals surface area contributed by atoms with Gasteiger partial charge in [-0.1, -0.05) is 102 Å². The topological polar surface area (TPSA) is 42.0 Å². The fraction of sp³-hybridized carbons (Fsp3) is 0.0769. The largest absolute Gasteiger partial charge is 0.302 e. The van der Waals surface area contributed by atoms with E-state index < -0.39 is 0 Å². The number of benzene rings is 4. The second-order valence-electron chi connectivity index (χ2n) is 7.28. The van der Waals surface area contributed by atoms with E-state index >= 15 is 0 Å². The van der Waals surface area contributed by atoms with Gasteiger partial charge in [-0.15, -0.1) is 0 Å². The lowest BCUT2D eigenvalue weighted by Crippen LogP contribution is -2.16. The first kappa shape index (κ1) is 18.5. The molecule has 30 heavy (non-hydrogen) atoms. The van der Waals surface area contributed by atoms with Crippen molar-refractivity contribution in [1.82, 2.24) is 4.98 Å². The highest BCUT2D eigenvalue weighted by Crippen LogP contribution is 2.33. The van der Waals surface area contributed by atoms with Crippen LogP contribution in [-0.4, -0.2) is 10.9 Å². The maximum atomic E-state index is 13.0. The molecule has 4 heteroatoms. The number of rotatable bonds is 5. The minimum absolute atomic E-state index is 0.00242. The molecule has 1 aromatic heterocycles. The smallest absolute Gasteiger partial charge is 0.227 e. The van der Waals surface area contributed by atoms with Gasteiger partial charge in [0.05, 0.1) is 10.2 Å². The number of nitrogens with zero attached hydrogens (tertiary/aromatic N) is 1. The lowest BCUT2D eigenvalue weighted by molar-refractivity contribution is -0.116. The van der Waals surface area contributed by atoms with Crippen LogP contribution in [0.5, 0.6) is 0 Å². The number of carbonyl (C=O) groups excluding carboxylic acids is 1. The van der Waals surface area contributed by atoms with E-state index in [9.17, 15) is 4.79 Å². The van der Waals surface area contributed by atoms with Gasteiger partial charge < -0.3 is 5.32 Å². The van der Waals surface area contributed by atoms with E-state index in [-0.39, 0.29) is 11.8 Å². The molecular weight excluding hydrogens is 388 g/mol. The Morgan fingerprint density at radius 1 is 0.800 bits per heavy atom. The number of aromatic nitrogens is 1. The summed E-state index contributed by atoms with van der Waals surface area (Å²) in [5, 5.41) is 5.94. The molecule has 146 valence electrons. The van der Waals surface area contributed by atoms with Crippen LogP contribution in [-0.2, 0) is 4.79 Å². The average Bonchev–Trinajstić information content (AvgIpc) is 3.21. The first-order chi connectivity index (χ1) is 14.8. The molecule has 0 fully saturated rings. The SMILES string of the molecule is O=C(CC(c1ccccc1)c1ccccc1)Nc1nc2c(ccc3ccccc32)s1. The van der Waals surface area contributed by atoms with Gasteiger partial charge in [-0.3, -0.25) is 4.79 Å². The maximum Gasteiger partial charge on any atom is 0.227 e. The molecular formula is C26H20N2OS. The van der Waals surface area contributed by atoms with E-state index in [1.54, 1.807) is 0 Å². The van der Waals surface area contributed by atoms with E-state index in [1.807, 2.05) is 48.5 Å².